The Hall–Kier alpha value is -1.30. The van der Waals surface area contributed by atoms with Crippen molar-refractivity contribution < 1.29 is 12.9 Å². The van der Waals surface area contributed by atoms with Gasteiger partial charge in [-0.05, 0) is 17.7 Å². The number of aromatic nitrogens is 1. The highest BCUT2D eigenvalue weighted by Gasteiger charge is 2.16. The third-order valence-electron chi connectivity index (χ3n) is 1.86. The molecule has 0 saturated heterocycles. The summed E-state index contributed by atoms with van der Waals surface area (Å²) in [6.45, 7) is -4.86. The fraction of sp³-hybridized carbons (Fsp3) is 0. The van der Waals surface area contributed by atoms with Gasteiger partial charge in [-0.25, -0.2) is 4.98 Å². The van der Waals surface area contributed by atoms with Crippen molar-refractivity contribution in [2.75, 3.05) is 0 Å². The molecule has 1 aromatic heterocycles. The molecular weight excluding hydrogens is 222 g/mol. The van der Waals surface area contributed by atoms with Crippen molar-refractivity contribution >= 4 is 34.6 Å². The van der Waals surface area contributed by atoms with Crippen LogP contribution in [-0.4, -0.2) is 12.0 Å². The van der Waals surface area contributed by atoms with Gasteiger partial charge in [0.15, 0.2) is 0 Å². The molecule has 2 rings (SSSR count). The molecule has 0 N–H and O–H groups in total. The molecule has 1 nitrogen and oxygen atoms in total. The predicted octanol–water partition coefficient (Wildman–Crippen LogP) is 3.70. The van der Waals surface area contributed by atoms with Crippen LogP contribution in [0.25, 0.3) is 16.3 Å². The van der Waals surface area contributed by atoms with E-state index in [1.54, 1.807) is 23.7 Å². The molecule has 0 aliphatic rings. The molecule has 0 aliphatic heterocycles. The highest BCUT2D eigenvalue weighted by molar-refractivity contribution is 7.16. The zero-order valence-electron chi connectivity index (χ0n) is 7.53. The van der Waals surface area contributed by atoms with E-state index >= 15 is 0 Å². The molecule has 0 saturated carbocycles. The summed E-state index contributed by atoms with van der Waals surface area (Å²) < 4.78 is 36.8. The van der Waals surface area contributed by atoms with Crippen LogP contribution in [0, 0.1) is 0 Å². The molecule has 2 aromatic rings. The first-order chi connectivity index (χ1) is 7.04. The third kappa shape index (κ3) is 2.59. The number of nitrogens with zero attached hydrogens (tertiary/aromatic N) is 1. The van der Waals surface area contributed by atoms with Crippen molar-refractivity contribution in [1.29, 1.82) is 0 Å². The molecule has 0 bridgehead atoms. The van der Waals surface area contributed by atoms with Gasteiger partial charge < -0.3 is 12.9 Å². The van der Waals surface area contributed by atoms with Gasteiger partial charge in [-0.2, -0.15) is 0 Å². The van der Waals surface area contributed by atoms with Crippen LogP contribution in [0.2, 0.25) is 0 Å². The third-order valence-corrected chi connectivity index (χ3v) is 2.65. The molecule has 0 radical (unpaired) electrons. The average molecular weight is 228 g/mol. The minimum Gasteiger partial charge on any atom is -0.445 e. The van der Waals surface area contributed by atoms with Crippen molar-refractivity contribution in [3.8, 4) is 0 Å². The summed E-state index contributed by atoms with van der Waals surface area (Å²) in [4.78, 5) is 4.04. The number of rotatable bonds is 2. The maximum Gasteiger partial charge on any atom is 0.502 e. The summed E-state index contributed by atoms with van der Waals surface area (Å²) in [5, 5.41) is 0. The van der Waals surface area contributed by atoms with E-state index in [-0.39, 0.29) is 0 Å². The molecule has 0 spiro atoms. The quantitative estimate of drug-likeness (QED) is 0.714. The lowest BCUT2D eigenvalue weighted by molar-refractivity contribution is 0.499. The summed E-state index contributed by atoms with van der Waals surface area (Å²) in [5.41, 5.74) is 3.03. The molecule has 78 valence electrons. The fourth-order valence-electron chi connectivity index (χ4n) is 1.20. The van der Waals surface area contributed by atoms with E-state index in [2.05, 4.69) is 4.98 Å². The minimum absolute atomic E-state index is 0.294. The maximum atomic E-state index is 12.0. The summed E-state index contributed by atoms with van der Waals surface area (Å²) in [5.74, 6) is 0.294. The molecule has 0 fully saturated rings. The van der Waals surface area contributed by atoms with Gasteiger partial charge in [0, 0.05) is 0 Å². The van der Waals surface area contributed by atoms with Gasteiger partial charge >= 0.3 is 6.98 Å². The Bertz CT molecular complexity index is 503. The van der Waals surface area contributed by atoms with E-state index in [4.69, 9.17) is 0 Å². The monoisotopic (exact) mass is 228 g/mol. The van der Waals surface area contributed by atoms with Crippen LogP contribution in [0.3, 0.4) is 0 Å². The summed E-state index contributed by atoms with van der Waals surface area (Å²) in [7, 11) is 0. The van der Waals surface area contributed by atoms with E-state index in [0.29, 0.717) is 11.5 Å². The van der Waals surface area contributed by atoms with Crippen LogP contribution in [0.4, 0.5) is 12.9 Å². The van der Waals surface area contributed by atoms with E-state index in [1.165, 1.54) is 11.3 Å². The lowest BCUT2D eigenvalue weighted by Crippen LogP contribution is -2.09. The predicted molar refractivity (Wildman–Crippen MR) is 57.7 cm³/mol. The minimum atomic E-state index is -4.86. The van der Waals surface area contributed by atoms with Crippen LogP contribution < -0.4 is 0 Å². The first kappa shape index (κ1) is 10.2. The van der Waals surface area contributed by atoms with Crippen LogP contribution in [0.15, 0.2) is 29.7 Å². The second-order valence-corrected chi connectivity index (χ2v) is 3.95. The van der Waals surface area contributed by atoms with Gasteiger partial charge in [0.25, 0.3) is 0 Å². The molecule has 1 heterocycles. The number of hydrogen-bond donors (Lipinski definition) is 0. The SMILES string of the molecule is F[B-](F)(F)/C=C/c1ccc2ncsc2c1. The van der Waals surface area contributed by atoms with E-state index in [9.17, 15) is 12.9 Å². The van der Waals surface area contributed by atoms with E-state index in [0.717, 1.165) is 16.3 Å². The average Bonchev–Trinajstić information content (AvgIpc) is 2.60. The van der Waals surface area contributed by atoms with E-state index in [1.807, 2.05) is 0 Å². The van der Waals surface area contributed by atoms with Gasteiger partial charge in [0.1, 0.15) is 0 Å². The van der Waals surface area contributed by atoms with Crippen LogP contribution >= 0.6 is 11.3 Å². The fourth-order valence-corrected chi connectivity index (χ4v) is 1.92. The summed E-state index contributed by atoms with van der Waals surface area (Å²) >= 11 is 1.41. The molecule has 0 unspecified atom stereocenters. The zero-order valence-corrected chi connectivity index (χ0v) is 8.35. The number of halogens is 3. The Morgan fingerprint density at radius 1 is 1.27 bits per heavy atom. The topological polar surface area (TPSA) is 12.9 Å². The number of benzene rings is 1. The number of fused-ring (bicyclic) bond motifs is 1. The highest BCUT2D eigenvalue weighted by Crippen LogP contribution is 2.20. The highest BCUT2D eigenvalue weighted by atomic mass is 32.1. The molecule has 6 heteroatoms. The van der Waals surface area contributed by atoms with E-state index < -0.39 is 6.98 Å². The van der Waals surface area contributed by atoms with Crippen molar-refractivity contribution in [2.45, 2.75) is 0 Å². The van der Waals surface area contributed by atoms with Crippen LogP contribution in [-0.2, 0) is 0 Å². The lowest BCUT2D eigenvalue weighted by Gasteiger charge is -2.05. The van der Waals surface area contributed by atoms with Crippen molar-refractivity contribution in [3.05, 3.63) is 35.2 Å². The Kier molecular flexibility index (Phi) is 2.52. The standard InChI is InChI=1S/C9H6BF3NS/c11-10(12,13)4-3-7-1-2-8-9(5-7)15-6-14-8/h1-6H/q-1/b4-3+. The zero-order chi connectivity index (χ0) is 10.9. The molecular formula is C9H6BF3NS-. The Morgan fingerprint density at radius 3 is 2.80 bits per heavy atom. The molecule has 0 amide bonds. The lowest BCUT2D eigenvalue weighted by atomic mass is 9.91. The largest absolute Gasteiger partial charge is 0.502 e. The molecule has 15 heavy (non-hydrogen) atoms. The van der Waals surface area contributed by atoms with Crippen molar-refractivity contribution in [2.24, 2.45) is 0 Å². The van der Waals surface area contributed by atoms with Gasteiger partial charge in [0.2, 0.25) is 0 Å². The Morgan fingerprint density at radius 2 is 2.07 bits per heavy atom. The number of hydrogen-bond acceptors (Lipinski definition) is 2. The normalized spacial score (nSPS) is 12.7. The maximum absolute atomic E-state index is 12.0. The van der Waals surface area contributed by atoms with Crippen molar-refractivity contribution in [1.82, 2.24) is 4.98 Å². The summed E-state index contributed by atoms with van der Waals surface area (Å²) in [6, 6.07) is 5.04. The second kappa shape index (κ2) is 3.69. The van der Waals surface area contributed by atoms with Gasteiger partial charge in [-0.3, -0.25) is 0 Å². The Balaban J connectivity index is 2.33. The van der Waals surface area contributed by atoms with Gasteiger partial charge in [-0.15, -0.1) is 17.3 Å². The number of thiazole rings is 1. The second-order valence-electron chi connectivity index (χ2n) is 3.06. The molecule has 0 aliphatic carbocycles. The van der Waals surface area contributed by atoms with Gasteiger partial charge in [-0.1, -0.05) is 12.1 Å². The first-order valence-electron chi connectivity index (χ1n) is 4.27. The van der Waals surface area contributed by atoms with Crippen molar-refractivity contribution in [3.63, 3.8) is 0 Å². The van der Waals surface area contributed by atoms with Crippen LogP contribution in [0.1, 0.15) is 5.56 Å². The van der Waals surface area contributed by atoms with Gasteiger partial charge in [0.05, 0.1) is 15.7 Å². The molecule has 1 aromatic carbocycles. The first-order valence-corrected chi connectivity index (χ1v) is 5.15. The molecule has 0 atom stereocenters. The smallest absolute Gasteiger partial charge is 0.445 e. The summed E-state index contributed by atoms with van der Waals surface area (Å²) in [6.07, 6.45) is 1.08. The van der Waals surface area contributed by atoms with Crippen LogP contribution in [0.5, 0.6) is 0 Å². The Labute approximate surface area is 88.3 Å².